The Kier molecular flexibility index (Phi) is 3.33. The largest absolute Gasteiger partial charge is 0.375 e. The van der Waals surface area contributed by atoms with Crippen LogP contribution < -0.4 is 5.32 Å². The van der Waals surface area contributed by atoms with Gasteiger partial charge in [-0.1, -0.05) is 0 Å². The summed E-state index contributed by atoms with van der Waals surface area (Å²) < 4.78 is 4.64. The van der Waals surface area contributed by atoms with Crippen LogP contribution in [0.1, 0.15) is 5.69 Å². The third-order valence-electron chi connectivity index (χ3n) is 1.32. The van der Waals surface area contributed by atoms with Crippen LogP contribution >= 0.6 is 0 Å². The maximum absolute atomic E-state index is 11.0. The Morgan fingerprint density at radius 1 is 1.54 bits per heavy atom. The summed E-state index contributed by atoms with van der Waals surface area (Å²) in [6.07, 6.45) is 3.09. The topological polar surface area (TPSA) is 64.1 Å². The first kappa shape index (κ1) is 9.60. The molecule has 5 nitrogen and oxygen atoms in total. The van der Waals surface area contributed by atoms with E-state index in [9.17, 15) is 4.79 Å². The van der Waals surface area contributed by atoms with Gasteiger partial charge in [-0.05, 0) is 6.92 Å². The van der Waals surface area contributed by atoms with E-state index in [-0.39, 0.29) is 12.5 Å². The molecule has 1 aromatic rings. The fraction of sp³-hybridized carbons (Fsp3) is 0.375. The molecule has 13 heavy (non-hydrogen) atoms. The Bertz CT molecular complexity index is 284. The summed E-state index contributed by atoms with van der Waals surface area (Å²) in [5.41, 5.74) is 0.810. The average molecular weight is 181 g/mol. The third kappa shape index (κ3) is 3.16. The molecule has 1 aromatic heterocycles. The van der Waals surface area contributed by atoms with Crippen LogP contribution in [-0.4, -0.2) is 29.6 Å². The zero-order chi connectivity index (χ0) is 9.68. The fourth-order valence-corrected chi connectivity index (χ4v) is 0.767. The van der Waals surface area contributed by atoms with Crippen LogP contribution in [0.25, 0.3) is 0 Å². The van der Waals surface area contributed by atoms with E-state index in [2.05, 4.69) is 20.0 Å². The molecule has 5 heteroatoms. The number of anilines is 1. The first-order chi connectivity index (χ1) is 6.22. The molecule has 0 aliphatic heterocycles. The van der Waals surface area contributed by atoms with Crippen LogP contribution in [0.2, 0.25) is 0 Å². The summed E-state index contributed by atoms with van der Waals surface area (Å²) in [4.78, 5) is 18.9. The van der Waals surface area contributed by atoms with E-state index in [1.165, 1.54) is 13.3 Å². The number of carbonyl (C=O) groups excluding carboxylic acids is 1. The lowest BCUT2D eigenvalue weighted by molar-refractivity contribution is -0.119. The molecule has 0 radical (unpaired) electrons. The van der Waals surface area contributed by atoms with Crippen molar-refractivity contribution in [3.8, 4) is 0 Å². The van der Waals surface area contributed by atoms with Gasteiger partial charge in [-0.25, -0.2) is 4.98 Å². The van der Waals surface area contributed by atoms with E-state index >= 15 is 0 Å². The van der Waals surface area contributed by atoms with E-state index in [0.717, 1.165) is 5.69 Å². The number of aryl methyl sites for hydroxylation is 1. The number of aromatic nitrogens is 2. The lowest BCUT2D eigenvalue weighted by Crippen LogP contribution is -2.18. The van der Waals surface area contributed by atoms with Gasteiger partial charge in [0.1, 0.15) is 6.61 Å². The minimum absolute atomic E-state index is 0.0234. The zero-order valence-corrected chi connectivity index (χ0v) is 7.57. The van der Waals surface area contributed by atoms with Gasteiger partial charge in [0.05, 0.1) is 18.1 Å². The van der Waals surface area contributed by atoms with E-state index in [0.29, 0.717) is 5.82 Å². The van der Waals surface area contributed by atoms with Crippen LogP contribution in [0.15, 0.2) is 12.4 Å². The van der Waals surface area contributed by atoms with Crippen molar-refractivity contribution in [3.05, 3.63) is 18.1 Å². The monoisotopic (exact) mass is 181 g/mol. The van der Waals surface area contributed by atoms with Gasteiger partial charge in [0, 0.05) is 7.11 Å². The molecule has 0 aromatic carbocycles. The minimum atomic E-state index is -0.236. The van der Waals surface area contributed by atoms with Gasteiger partial charge >= 0.3 is 0 Å². The lowest BCUT2D eigenvalue weighted by Gasteiger charge is -2.02. The molecule has 0 atom stereocenters. The predicted octanol–water partition coefficient (Wildman–Crippen LogP) is 0.370. The highest BCUT2D eigenvalue weighted by atomic mass is 16.5. The smallest absolute Gasteiger partial charge is 0.251 e. The molecule has 0 spiro atoms. The van der Waals surface area contributed by atoms with Crippen LogP contribution in [0.5, 0.6) is 0 Å². The second kappa shape index (κ2) is 4.51. The van der Waals surface area contributed by atoms with Crippen molar-refractivity contribution in [2.75, 3.05) is 19.0 Å². The number of carbonyl (C=O) groups is 1. The molecular formula is C8H11N3O2. The average Bonchev–Trinajstić information content (AvgIpc) is 2.09. The third-order valence-corrected chi connectivity index (χ3v) is 1.32. The van der Waals surface area contributed by atoms with Crippen molar-refractivity contribution in [2.45, 2.75) is 6.92 Å². The van der Waals surface area contributed by atoms with E-state index in [1.807, 2.05) is 6.92 Å². The molecule has 1 amide bonds. The highest BCUT2D eigenvalue weighted by Gasteiger charge is 2.01. The van der Waals surface area contributed by atoms with Crippen LogP contribution in [0.4, 0.5) is 5.82 Å². The number of methoxy groups -OCH3 is 1. The van der Waals surface area contributed by atoms with E-state index in [4.69, 9.17) is 0 Å². The highest BCUT2D eigenvalue weighted by Crippen LogP contribution is 1.99. The molecule has 0 saturated heterocycles. The molecule has 1 N–H and O–H groups in total. The van der Waals surface area contributed by atoms with Crippen molar-refractivity contribution < 1.29 is 9.53 Å². The highest BCUT2D eigenvalue weighted by molar-refractivity contribution is 5.90. The summed E-state index contributed by atoms with van der Waals surface area (Å²) in [6, 6.07) is 0. The van der Waals surface area contributed by atoms with Gasteiger partial charge < -0.3 is 10.1 Å². The number of amides is 1. The van der Waals surface area contributed by atoms with Crippen molar-refractivity contribution in [1.82, 2.24) is 9.97 Å². The van der Waals surface area contributed by atoms with Crippen molar-refractivity contribution in [3.63, 3.8) is 0 Å². The molecule has 70 valence electrons. The molecular weight excluding hydrogens is 170 g/mol. The Morgan fingerprint density at radius 3 is 2.85 bits per heavy atom. The van der Waals surface area contributed by atoms with Crippen LogP contribution in [-0.2, 0) is 9.53 Å². The summed E-state index contributed by atoms with van der Waals surface area (Å²) in [7, 11) is 1.46. The Hall–Kier alpha value is -1.49. The normalized spacial score (nSPS) is 9.69. The van der Waals surface area contributed by atoms with Crippen molar-refractivity contribution >= 4 is 11.7 Å². The molecule has 0 aliphatic rings. The first-order valence-corrected chi connectivity index (χ1v) is 3.80. The quantitative estimate of drug-likeness (QED) is 0.731. The van der Waals surface area contributed by atoms with Crippen molar-refractivity contribution in [2.24, 2.45) is 0 Å². The Morgan fingerprint density at radius 2 is 2.31 bits per heavy atom. The number of hydrogen-bond donors (Lipinski definition) is 1. The summed E-state index contributed by atoms with van der Waals surface area (Å²) in [6.45, 7) is 1.85. The molecule has 1 rings (SSSR count). The summed E-state index contributed by atoms with van der Waals surface area (Å²) in [5.74, 6) is 0.202. The first-order valence-electron chi connectivity index (χ1n) is 3.80. The number of nitrogens with one attached hydrogen (secondary N) is 1. The molecule has 0 saturated carbocycles. The molecule has 0 unspecified atom stereocenters. The van der Waals surface area contributed by atoms with Gasteiger partial charge in [0.2, 0.25) is 0 Å². The zero-order valence-electron chi connectivity index (χ0n) is 7.57. The lowest BCUT2D eigenvalue weighted by atomic mass is 10.5. The summed E-state index contributed by atoms with van der Waals surface area (Å²) in [5, 5.41) is 2.53. The molecule has 1 heterocycles. The van der Waals surface area contributed by atoms with Crippen LogP contribution in [0.3, 0.4) is 0 Å². The summed E-state index contributed by atoms with van der Waals surface area (Å²) >= 11 is 0. The van der Waals surface area contributed by atoms with Gasteiger partial charge in [0.15, 0.2) is 5.82 Å². The van der Waals surface area contributed by atoms with Gasteiger partial charge in [-0.2, -0.15) is 0 Å². The number of nitrogens with zero attached hydrogens (tertiary/aromatic N) is 2. The van der Waals surface area contributed by atoms with Gasteiger partial charge in [0.25, 0.3) is 5.91 Å². The maximum Gasteiger partial charge on any atom is 0.251 e. The standard InChI is InChI=1S/C8H11N3O2/c1-6-3-10-7(4-9-6)11-8(12)5-13-2/h3-4H,5H2,1-2H3,(H,10,11,12). The fourth-order valence-electron chi connectivity index (χ4n) is 0.767. The predicted molar refractivity (Wildman–Crippen MR) is 47.3 cm³/mol. The SMILES string of the molecule is COCC(=O)Nc1cnc(C)cn1. The van der Waals surface area contributed by atoms with E-state index in [1.54, 1.807) is 6.20 Å². The second-order valence-electron chi connectivity index (χ2n) is 2.52. The number of rotatable bonds is 3. The Balaban J connectivity index is 2.54. The van der Waals surface area contributed by atoms with Gasteiger partial charge in [-0.3, -0.25) is 9.78 Å². The van der Waals surface area contributed by atoms with Crippen LogP contribution in [0, 0.1) is 6.92 Å². The van der Waals surface area contributed by atoms with Crippen molar-refractivity contribution in [1.29, 1.82) is 0 Å². The number of hydrogen-bond acceptors (Lipinski definition) is 4. The second-order valence-corrected chi connectivity index (χ2v) is 2.52. The maximum atomic E-state index is 11.0. The number of ether oxygens (including phenoxy) is 1. The molecule has 0 bridgehead atoms. The molecule has 0 fully saturated rings. The minimum Gasteiger partial charge on any atom is -0.375 e. The van der Waals surface area contributed by atoms with E-state index < -0.39 is 0 Å². The Labute approximate surface area is 76.2 Å². The molecule has 0 aliphatic carbocycles. The van der Waals surface area contributed by atoms with Gasteiger partial charge in [-0.15, -0.1) is 0 Å².